The molecule has 6 heteroatoms. The van der Waals surface area contributed by atoms with Crippen LogP contribution in [0.1, 0.15) is 50.5 Å². The van der Waals surface area contributed by atoms with Gasteiger partial charge in [-0.15, -0.1) is 5.10 Å². The maximum Gasteiger partial charge on any atom is 0.318 e. The fourth-order valence-corrected chi connectivity index (χ4v) is 3.14. The molecule has 0 bridgehead atoms. The fraction of sp³-hybridized carbons (Fsp3) is 0.550. The van der Waals surface area contributed by atoms with Crippen LogP contribution in [0.5, 0.6) is 0 Å². The summed E-state index contributed by atoms with van der Waals surface area (Å²) in [5.74, 6) is 1.15. The Bertz CT molecular complexity index is 691. The smallest absolute Gasteiger partial charge is 0.318 e. The van der Waals surface area contributed by atoms with Gasteiger partial charge < -0.3 is 14.2 Å². The van der Waals surface area contributed by atoms with Gasteiger partial charge in [0.2, 0.25) is 11.8 Å². The van der Waals surface area contributed by atoms with Crippen molar-refractivity contribution in [1.29, 1.82) is 0 Å². The van der Waals surface area contributed by atoms with Crippen molar-refractivity contribution in [3.05, 3.63) is 41.8 Å². The van der Waals surface area contributed by atoms with Crippen molar-refractivity contribution < 1.29 is 9.21 Å². The first-order chi connectivity index (χ1) is 12.6. The second-order valence-electron chi connectivity index (χ2n) is 7.14. The molecule has 2 aromatic rings. The molecule has 6 nitrogen and oxygen atoms in total. The summed E-state index contributed by atoms with van der Waals surface area (Å²) < 4.78 is 5.70. The Kier molecular flexibility index (Phi) is 6.26. The lowest BCUT2D eigenvalue weighted by Gasteiger charge is -2.33. The number of hydrogen-bond donors (Lipinski definition) is 0. The van der Waals surface area contributed by atoms with Gasteiger partial charge >= 0.3 is 6.01 Å². The molecule has 1 amide bonds. The first kappa shape index (κ1) is 18.4. The topological polar surface area (TPSA) is 62.5 Å². The number of carbonyl (C=O) groups excluding carboxylic acids is 1. The Hall–Kier alpha value is -2.37. The standard InChI is InChI=1S/C20H28N4O2/c1-16(2)19-21-22-20(26-19)24-14-12-23(13-15-24)18(25)11-7-6-10-17-8-4-3-5-9-17/h3-5,8-9,16H,6-7,10-15H2,1-2H3. The van der Waals surface area contributed by atoms with Crippen molar-refractivity contribution in [3.8, 4) is 0 Å². The zero-order valence-electron chi connectivity index (χ0n) is 15.7. The van der Waals surface area contributed by atoms with Gasteiger partial charge in [0.1, 0.15) is 0 Å². The highest BCUT2D eigenvalue weighted by atomic mass is 16.4. The first-order valence-electron chi connectivity index (χ1n) is 9.53. The summed E-state index contributed by atoms with van der Waals surface area (Å²) in [5, 5.41) is 8.21. The van der Waals surface area contributed by atoms with Crippen LogP contribution < -0.4 is 4.90 Å². The molecule has 0 saturated carbocycles. The first-order valence-corrected chi connectivity index (χ1v) is 9.53. The highest BCUT2D eigenvalue weighted by Gasteiger charge is 2.24. The van der Waals surface area contributed by atoms with Gasteiger partial charge in [0.05, 0.1) is 0 Å². The molecule has 1 aromatic carbocycles. The van der Waals surface area contributed by atoms with Gasteiger partial charge in [0.15, 0.2) is 0 Å². The second-order valence-corrected chi connectivity index (χ2v) is 7.14. The van der Waals surface area contributed by atoms with Crippen LogP contribution in [0.25, 0.3) is 0 Å². The minimum absolute atomic E-state index is 0.231. The maximum absolute atomic E-state index is 12.4. The molecule has 0 aliphatic carbocycles. The average Bonchev–Trinajstić information content (AvgIpc) is 3.17. The number of anilines is 1. The Morgan fingerprint density at radius 3 is 2.46 bits per heavy atom. The minimum atomic E-state index is 0.231. The molecule has 0 spiro atoms. The van der Waals surface area contributed by atoms with Crippen molar-refractivity contribution in [2.24, 2.45) is 0 Å². The number of amides is 1. The number of carbonyl (C=O) groups is 1. The van der Waals surface area contributed by atoms with Crippen LogP contribution in [-0.4, -0.2) is 47.2 Å². The normalized spacial score (nSPS) is 14.9. The zero-order valence-corrected chi connectivity index (χ0v) is 15.7. The van der Waals surface area contributed by atoms with Gasteiger partial charge in [-0.05, 0) is 24.8 Å². The fourth-order valence-electron chi connectivity index (χ4n) is 3.14. The molecule has 3 rings (SSSR count). The van der Waals surface area contributed by atoms with E-state index in [1.165, 1.54) is 5.56 Å². The predicted octanol–water partition coefficient (Wildman–Crippen LogP) is 3.25. The summed E-state index contributed by atoms with van der Waals surface area (Å²) in [6.07, 6.45) is 3.66. The van der Waals surface area contributed by atoms with Gasteiger partial charge in [-0.1, -0.05) is 49.3 Å². The Balaban J connectivity index is 1.37. The molecule has 1 aliphatic heterocycles. The Morgan fingerprint density at radius 1 is 1.08 bits per heavy atom. The molecular formula is C20H28N4O2. The number of nitrogens with zero attached hydrogens (tertiary/aromatic N) is 4. The Morgan fingerprint density at radius 2 is 1.81 bits per heavy atom. The van der Waals surface area contributed by atoms with Crippen molar-refractivity contribution in [2.75, 3.05) is 31.1 Å². The van der Waals surface area contributed by atoms with E-state index in [-0.39, 0.29) is 11.8 Å². The summed E-state index contributed by atoms with van der Waals surface area (Å²) in [6.45, 7) is 7.00. The Labute approximate surface area is 155 Å². The lowest BCUT2D eigenvalue weighted by atomic mass is 10.1. The van der Waals surface area contributed by atoms with E-state index in [4.69, 9.17) is 4.42 Å². The molecule has 0 radical (unpaired) electrons. The largest absolute Gasteiger partial charge is 0.408 e. The van der Waals surface area contributed by atoms with Crippen LogP contribution in [0, 0.1) is 0 Å². The molecule has 1 saturated heterocycles. The summed E-state index contributed by atoms with van der Waals surface area (Å²) in [6, 6.07) is 11.0. The highest BCUT2D eigenvalue weighted by molar-refractivity contribution is 5.76. The van der Waals surface area contributed by atoms with Crippen LogP contribution in [-0.2, 0) is 11.2 Å². The number of benzene rings is 1. The lowest BCUT2D eigenvalue weighted by Crippen LogP contribution is -2.48. The summed E-state index contributed by atoms with van der Waals surface area (Å²) >= 11 is 0. The third-order valence-electron chi connectivity index (χ3n) is 4.78. The van der Waals surface area contributed by atoms with Gasteiger partial charge in [0.25, 0.3) is 0 Å². The lowest BCUT2D eigenvalue weighted by molar-refractivity contribution is -0.131. The quantitative estimate of drug-likeness (QED) is 0.713. The van der Waals surface area contributed by atoms with Crippen molar-refractivity contribution in [1.82, 2.24) is 15.1 Å². The van der Waals surface area contributed by atoms with Crippen LogP contribution in [0.2, 0.25) is 0 Å². The van der Waals surface area contributed by atoms with E-state index in [9.17, 15) is 4.79 Å². The van der Waals surface area contributed by atoms with Crippen LogP contribution in [0.3, 0.4) is 0 Å². The van der Waals surface area contributed by atoms with Gasteiger partial charge in [0, 0.05) is 38.5 Å². The second kappa shape index (κ2) is 8.83. The summed E-state index contributed by atoms with van der Waals surface area (Å²) in [7, 11) is 0. The molecule has 140 valence electrons. The maximum atomic E-state index is 12.4. The van der Waals surface area contributed by atoms with E-state index in [0.29, 0.717) is 18.3 Å². The van der Waals surface area contributed by atoms with Crippen molar-refractivity contribution >= 4 is 11.9 Å². The monoisotopic (exact) mass is 356 g/mol. The number of piperazine rings is 1. The van der Waals surface area contributed by atoms with E-state index < -0.39 is 0 Å². The van der Waals surface area contributed by atoms with Gasteiger partial charge in [-0.2, -0.15) is 0 Å². The molecule has 1 aromatic heterocycles. The van der Waals surface area contributed by atoms with Crippen LogP contribution in [0.4, 0.5) is 6.01 Å². The predicted molar refractivity (Wildman–Crippen MR) is 101 cm³/mol. The summed E-state index contributed by atoms with van der Waals surface area (Å²) in [5.41, 5.74) is 1.34. The van der Waals surface area contributed by atoms with Crippen molar-refractivity contribution in [3.63, 3.8) is 0 Å². The van der Waals surface area contributed by atoms with Crippen LogP contribution in [0.15, 0.2) is 34.7 Å². The van der Waals surface area contributed by atoms with E-state index in [1.54, 1.807) is 0 Å². The third kappa shape index (κ3) is 4.84. The molecule has 0 unspecified atom stereocenters. The number of hydrogen-bond acceptors (Lipinski definition) is 5. The molecule has 26 heavy (non-hydrogen) atoms. The highest BCUT2D eigenvalue weighted by Crippen LogP contribution is 2.19. The van der Waals surface area contributed by atoms with E-state index in [0.717, 1.165) is 45.4 Å². The molecule has 1 fully saturated rings. The van der Waals surface area contributed by atoms with Crippen LogP contribution >= 0.6 is 0 Å². The van der Waals surface area contributed by atoms with Gasteiger partial charge in [-0.25, -0.2) is 0 Å². The van der Waals surface area contributed by atoms with Gasteiger partial charge in [-0.3, -0.25) is 4.79 Å². The molecule has 1 aliphatic rings. The van der Waals surface area contributed by atoms with E-state index >= 15 is 0 Å². The number of unbranched alkanes of at least 4 members (excludes halogenated alkanes) is 1. The SMILES string of the molecule is CC(C)c1nnc(N2CCN(C(=O)CCCCc3ccccc3)CC2)o1. The molecular weight excluding hydrogens is 328 g/mol. The number of aromatic nitrogens is 2. The molecule has 0 atom stereocenters. The average molecular weight is 356 g/mol. The third-order valence-corrected chi connectivity index (χ3v) is 4.78. The van der Waals surface area contributed by atoms with E-state index in [2.05, 4.69) is 39.4 Å². The number of aryl methyl sites for hydroxylation is 1. The molecule has 0 N–H and O–H groups in total. The zero-order chi connectivity index (χ0) is 18.4. The summed E-state index contributed by atoms with van der Waals surface area (Å²) in [4.78, 5) is 16.4. The molecule has 2 heterocycles. The van der Waals surface area contributed by atoms with Crippen molar-refractivity contribution in [2.45, 2.75) is 45.4 Å². The minimum Gasteiger partial charge on any atom is -0.408 e. The van der Waals surface area contributed by atoms with E-state index in [1.807, 2.05) is 24.8 Å². The number of rotatable bonds is 7.